The van der Waals surface area contributed by atoms with E-state index >= 15 is 0 Å². The number of hydrogen-bond donors (Lipinski definition) is 0. The highest BCUT2D eigenvalue weighted by Gasteiger charge is 2.34. The van der Waals surface area contributed by atoms with Crippen LogP contribution in [-0.4, -0.2) is 0 Å². The second-order valence-electron chi connectivity index (χ2n) is 7.43. The quantitative estimate of drug-likeness (QED) is 0.638. The van der Waals surface area contributed by atoms with E-state index in [1.54, 1.807) is 0 Å². The molecule has 0 atom stereocenters. The van der Waals surface area contributed by atoms with Gasteiger partial charge in [-0.3, -0.25) is 0 Å². The van der Waals surface area contributed by atoms with Crippen LogP contribution in [0.5, 0.6) is 0 Å². The molecule has 0 spiro atoms. The van der Waals surface area contributed by atoms with Gasteiger partial charge in [-0.2, -0.15) is 0 Å². The lowest BCUT2D eigenvalue weighted by atomic mass is 9.65. The molecule has 0 radical (unpaired) electrons. The van der Waals surface area contributed by atoms with Gasteiger partial charge >= 0.3 is 0 Å². The summed E-state index contributed by atoms with van der Waals surface area (Å²) in [4.78, 5) is 0. The van der Waals surface area contributed by atoms with E-state index in [9.17, 15) is 0 Å². The van der Waals surface area contributed by atoms with Crippen LogP contribution in [0.3, 0.4) is 0 Å². The zero-order chi connectivity index (χ0) is 13.9. The number of benzene rings is 1. The van der Waals surface area contributed by atoms with Crippen molar-refractivity contribution in [3.8, 4) is 0 Å². The monoisotopic (exact) mass is 258 g/mol. The molecule has 0 heteroatoms. The van der Waals surface area contributed by atoms with E-state index in [1.807, 2.05) is 0 Å². The topological polar surface area (TPSA) is 0 Å². The van der Waals surface area contributed by atoms with Crippen molar-refractivity contribution >= 4 is 0 Å². The average Bonchev–Trinajstić information content (AvgIpc) is 2.40. The molecule has 0 saturated heterocycles. The van der Waals surface area contributed by atoms with Crippen LogP contribution in [0, 0.1) is 17.8 Å². The summed E-state index contributed by atoms with van der Waals surface area (Å²) in [5, 5.41) is 0. The predicted octanol–water partition coefficient (Wildman–Crippen LogP) is 5.82. The molecular formula is C19H30. The molecule has 1 aliphatic rings. The van der Waals surface area contributed by atoms with Crippen LogP contribution in [0.1, 0.15) is 65.4 Å². The smallest absolute Gasteiger partial charge is 0.00753 e. The highest BCUT2D eigenvalue weighted by molar-refractivity contribution is 5.24. The van der Waals surface area contributed by atoms with Crippen LogP contribution in [-0.2, 0) is 5.41 Å². The summed E-state index contributed by atoms with van der Waals surface area (Å²) in [6, 6.07) is 11.1. The van der Waals surface area contributed by atoms with Gasteiger partial charge in [0.15, 0.2) is 0 Å². The molecule has 0 aliphatic heterocycles. The molecule has 0 N–H and O–H groups in total. The van der Waals surface area contributed by atoms with Crippen molar-refractivity contribution in [3.63, 3.8) is 0 Å². The van der Waals surface area contributed by atoms with Gasteiger partial charge in [0, 0.05) is 0 Å². The lowest BCUT2D eigenvalue weighted by Crippen LogP contribution is -2.32. The van der Waals surface area contributed by atoms with Crippen LogP contribution in [0.25, 0.3) is 0 Å². The van der Waals surface area contributed by atoms with Crippen LogP contribution < -0.4 is 0 Å². The second-order valence-corrected chi connectivity index (χ2v) is 7.43. The first-order valence-corrected chi connectivity index (χ1v) is 8.05. The van der Waals surface area contributed by atoms with Gasteiger partial charge < -0.3 is 0 Å². The lowest BCUT2D eigenvalue weighted by molar-refractivity contribution is 0.180. The third-order valence-electron chi connectivity index (χ3n) is 5.19. The zero-order valence-electron chi connectivity index (χ0n) is 13.2. The molecule has 0 bridgehead atoms. The summed E-state index contributed by atoms with van der Waals surface area (Å²) in [6.45, 7) is 9.60. The van der Waals surface area contributed by atoms with Crippen molar-refractivity contribution in [2.75, 3.05) is 0 Å². The van der Waals surface area contributed by atoms with E-state index in [1.165, 1.54) is 37.7 Å². The Bertz CT molecular complexity index is 366. The maximum atomic E-state index is 2.44. The maximum Gasteiger partial charge on any atom is -0.00753 e. The first-order chi connectivity index (χ1) is 9.00. The molecular weight excluding hydrogens is 228 g/mol. The van der Waals surface area contributed by atoms with Gasteiger partial charge in [0.05, 0.1) is 0 Å². The van der Waals surface area contributed by atoms with E-state index in [2.05, 4.69) is 58.0 Å². The molecule has 1 aromatic carbocycles. The average molecular weight is 258 g/mol. The van der Waals surface area contributed by atoms with Gasteiger partial charge in [0.1, 0.15) is 0 Å². The van der Waals surface area contributed by atoms with Gasteiger partial charge in [-0.25, -0.2) is 0 Å². The summed E-state index contributed by atoms with van der Waals surface area (Å²) in [5.74, 6) is 2.71. The van der Waals surface area contributed by atoms with E-state index in [0.717, 1.165) is 17.8 Å². The zero-order valence-corrected chi connectivity index (χ0v) is 13.2. The Morgan fingerprint density at radius 1 is 1.00 bits per heavy atom. The third kappa shape index (κ3) is 3.61. The molecule has 106 valence electrons. The fourth-order valence-electron chi connectivity index (χ4n) is 3.89. The van der Waals surface area contributed by atoms with Crippen LogP contribution in [0.2, 0.25) is 0 Å². The lowest BCUT2D eigenvalue weighted by Gasteiger charge is -2.40. The fraction of sp³-hybridized carbons (Fsp3) is 0.684. The van der Waals surface area contributed by atoms with Crippen molar-refractivity contribution in [3.05, 3.63) is 35.9 Å². The van der Waals surface area contributed by atoms with Gasteiger partial charge in [-0.15, -0.1) is 0 Å². The highest BCUT2D eigenvalue weighted by Crippen LogP contribution is 2.43. The highest BCUT2D eigenvalue weighted by atomic mass is 14.4. The summed E-state index contributed by atoms with van der Waals surface area (Å²) < 4.78 is 0. The fourth-order valence-corrected chi connectivity index (χ4v) is 3.89. The maximum absolute atomic E-state index is 2.44. The van der Waals surface area contributed by atoms with Crippen molar-refractivity contribution < 1.29 is 0 Å². The molecule has 1 aliphatic carbocycles. The molecule has 0 unspecified atom stereocenters. The Hall–Kier alpha value is -0.780. The minimum Gasteiger partial charge on any atom is -0.0628 e. The first kappa shape index (κ1) is 14.6. The third-order valence-corrected chi connectivity index (χ3v) is 5.19. The van der Waals surface area contributed by atoms with Gasteiger partial charge in [0.2, 0.25) is 0 Å². The molecule has 0 aromatic heterocycles. The van der Waals surface area contributed by atoms with Crippen molar-refractivity contribution in [1.82, 2.24) is 0 Å². The largest absolute Gasteiger partial charge is 0.0628 e. The Labute approximate surface area is 119 Å². The summed E-state index contributed by atoms with van der Waals surface area (Å²) >= 11 is 0. The van der Waals surface area contributed by atoms with E-state index in [0.29, 0.717) is 5.41 Å². The first-order valence-electron chi connectivity index (χ1n) is 8.05. The van der Waals surface area contributed by atoms with Gasteiger partial charge in [-0.1, -0.05) is 70.9 Å². The summed E-state index contributed by atoms with van der Waals surface area (Å²) in [7, 11) is 0. The molecule has 19 heavy (non-hydrogen) atoms. The van der Waals surface area contributed by atoms with Crippen molar-refractivity contribution in [2.24, 2.45) is 17.8 Å². The van der Waals surface area contributed by atoms with Crippen LogP contribution >= 0.6 is 0 Å². The van der Waals surface area contributed by atoms with Gasteiger partial charge in [-0.05, 0) is 48.0 Å². The molecule has 0 amide bonds. The Kier molecular flexibility index (Phi) is 4.71. The van der Waals surface area contributed by atoms with Crippen molar-refractivity contribution in [1.29, 1.82) is 0 Å². The standard InChI is InChI=1S/C19H30/c1-15(2)14-16-10-12-18(13-11-16)19(3,4)17-8-6-5-7-9-17/h5-9,15-16,18H,10-14H2,1-4H3. The Morgan fingerprint density at radius 2 is 1.58 bits per heavy atom. The molecule has 2 rings (SSSR count). The van der Waals surface area contributed by atoms with E-state index in [4.69, 9.17) is 0 Å². The number of rotatable bonds is 4. The molecule has 1 aromatic rings. The summed E-state index contributed by atoms with van der Waals surface area (Å²) in [5.41, 5.74) is 1.85. The van der Waals surface area contributed by atoms with Crippen LogP contribution in [0.15, 0.2) is 30.3 Å². The van der Waals surface area contributed by atoms with Crippen LogP contribution in [0.4, 0.5) is 0 Å². The van der Waals surface area contributed by atoms with Gasteiger partial charge in [0.25, 0.3) is 0 Å². The minimum atomic E-state index is 0.337. The predicted molar refractivity (Wildman–Crippen MR) is 84.4 cm³/mol. The van der Waals surface area contributed by atoms with E-state index in [-0.39, 0.29) is 0 Å². The Balaban J connectivity index is 1.97. The summed E-state index contributed by atoms with van der Waals surface area (Å²) in [6.07, 6.45) is 7.15. The Morgan fingerprint density at radius 3 is 2.11 bits per heavy atom. The molecule has 1 fully saturated rings. The van der Waals surface area contributed by atoms with E-state index < -0.39 is 0 Å². The minimum absolute atomic E-state index is 0.337. The van der Waals surface area contributed by atoms with Crippen molar-refractivity contribution in [2.45, 2.75) is 65.2 Å². The molecule has 0 heterocycles. The normalized spacial score (nSPS) is 24.7. The SMILES string of the molecule is CC(C)CC1CCC(C(C)(C)c2ccccc2)CC1. The molecule has 1 saturated carbocycles. The second kappa shape index (κ2) is 6.11. The molecule has 0 nitrogen and oxygen atoms in total. The number of hydrogen-bond acceptors (Lipinski definition) is 0.